The first kappa shape index (κ1) is 21.4. The molecular formula is C20H25ClN2O3S. The first-order chi connectivity index (χ1) is 12.6. The van der Waals surface area contributed by atoms with Gasteiger partial charge in [-0.1, -0.05) is 48.0 Å². The molecule has 0 fully saturated rings. The Kier molecular flexibility index (Phi) is 7.03. The van der Waals surface area contributed by atoms with E-state index >= 15 is 0 Å². The minimum atomic E-state index is -3.57. The summed E-state index contributed by atoms with van der Waals surface area (Å²) in [5.74, 6) is -0.363. The lowest BCUT2D eigenvalue weighted by Gasteiger charge is -2.22. The van der Waals surface area contributed by atoms with Crippen LogP contribution in [-0.2, 0) is 21.4 Å². The summed E-state index contributed by atoms with van der Waals surface area (Å²) in [5.41, 5.74) is 3.95. The van der Waals surface area contributed by atoms with E-state index in [9.17, 15) is 13.2 Å². The maximum atomic E-state index is 12.5. The number of halogens is 1. The van der Waals surface area contributed by atoms with Crippen molar-refractivity contribution in [1.29, 1.82) is 0 Å². The zero-order valence-electron chi connectivity index (χ0n) is 16.0. The van der Waals surface area contributed by atoms with E-state index in [2.05, 4.69) is 5.32 Å². The summed E-state index contributed by atoms with van der Waals surface area (Å²) in [6.07, 6.45) is 1.09. The third-order valence-corrected chi connectivity index (χ3v) is 6.07. The van der Waals surface area contributed by atoms with Gasteiger partial charge in [-0.15, -0.1) is 0 Å². The lowest BCUT2D eigenvalue weighted by Crippen LogP contribution is -2.40. The molecule has 0 saturated heterocycles. The zero-order valence-corrected chi connectivity index (χ0v) is 17.6. The van der Waals surface area contributed by atoms with Crippen molar-refractivity contribution in [2.45, 2.75) is 33.4 Å². The van der Waals surface area contributed by atoms with Gasteiger partial charge in [0, 0.05) is 11.6 Å². The summed E-state index contributed by atoms with van der Waals surface area (Å²) in [5, 5.41) is 3.34. The lowest BCUT2D eigenvalue weighted by atomic mass is 10.0. The van der Waals surface area contributed by atoms with Gasteiger partial charge in [-0.3, -0.25) is 4.79 Å². The number of nitrogens with one attached hydrogen (secondary N) is 1. The van der Waals surface area contributed by atoms with Gasteiger partial charge in [0.25, 0.3) is 0 Å². The molecule has 0 aliphatic carbocycles. The maximum Gasteiger partial charge on any atom is 0.235 e. The highest BCUT2D eigenvalue weighted by Gasteiger charge is 2.22. The van der Waals surface area contributed by atoms with Gasteiger partial charge in [-0.05, 0) is 49.1 Å². The fraction of sp³-hybridized carbons (Fsp3) is 0.350. The number of hydrogen-bond acceptors (Lipinski definition) is 3. The van der Waals surface area contributed by atoms with E-state index in [4.69, 9.17) is 11.6 Å². The van der Waals surface area contributed by atoms with Crippen LogP contribution in [0.3, 0.4) is 0 Å². The number of sulfonamides is 1. The van der Waals surface area contributed by atoms with Crippen LogP contribution in [0.1, 0.15) is 35.2 Å². The van der Waals surface area contributed by atoms with Crippen LogP contribution in [0.5, 0.6) is 0 Å². The second-order valence-corrected chi connectivity index (χ2v) is 9.14. The molecule has 146 valence electrons. The molecule has 27 heavy (non-hydrogen) atoms. The van der Waals surface area contributed by atoms with Crippen LogP contribution in [0, 0.1) is 13.8 Å². The van der Waals surface area contributed by atoms with Gasteiger partial charge in [0.1, 0.15) is 0 Å². The highest BCUT2D eigenvalue weighted by atomic mass is 35.5. The molecule has 0 saturated carbocycles. The second-order valence-electron chi connectivity index (χ2n) is 6.76. The molecule has 0 aliphatic rings. The number of nitrogens with zero attached hydrogens (tertiary/aromatic N) is 1. The molecule has 0 aromatic heterocycles. The van der Waals surface area contributed by atoms with E-state index in [0.29, 0.717) is 10.6 Å². The van der Waals surface area contributed by atoms with E-state index in [1.54, 1.807) is 24.3 Å². The van der Waals surface area contributed by atoms with E-state index in [1.165, 1.54) is 5.56 Å². The summed E-state index contributed by atoms with van der Waals surface area (Å²) in [6.45, 7) is 5.70. The molecule has 0 aliphatic heterocycles. The SMILES string of the molecule is Cc1ccc(C(C)NC(=O)CN(Cc2ccccc2Cl)S(C)(=O)=O)cc1C. The standard InChI is InChI=1S/C20H25ClN2O3S/c1-14-9-10-17(11-15(14)2)16(3)22-20(24)13-23(27(4,25)26)12-18-7-5-6-8-19(18)21/h5-11,16H,12-13H2,1-4H3,(H,22,24). The Bertz CT molecular complexity index is 929. The van der Waals surface area contributed by atoms with Gasteiger partial charge < -0.3 is 5.32 Å². The Morgan fingerprint density at radius 3 is 2.41 bits per heavy atom. The maximum absolute atomic E-state index is 12.5. The van der Waals surface area contributed by atoms with E-state index in [1.807, 2.05) is 39.0 Å². The zero-order chi connectivity index (χ0) is 20.2. The summed E-state index contributed by atoms with van der Waals surface area (Å²) in [6, 6.07) is 12.8. The number of rotatable bonds is 7. The van der Waals surface area contributed by atoms with Crippen molar-refractivity contribution >= 4 is 27.5 Å². The molecule has 0 spiro atoms. The normalized spacial score (nSPS) is 12.8. The van der Waals surface area contributed by atoms with Crippen molar-refractivity contribution in [2.24, 2.45) is 0 Å². The van der Waals surface area contributed by atoms with Crippen LogP contribution < -0.4 is 5.32 Å². The van der Waals surface area contributed by atoms with Crippen molar-refractivity contribution in [1.82, 2.24) is 9.62 Å². The number of amides is 1. The Labute approximate surface area is 166 Å². The molecule has 1 N–H and O–H groups in total. The van der Waals surface area contributed by atoms with Crippen molar-refractivity contribution in [3.05, 3.63) is 69.7 Å². The van der Waals surface area contributed by atoms with Crippen LogP contribution in [0.15, 0.2) is 42.5 Å². The third kappa shape index (κ3) is 6.06. The molecule has 7 heteroatoms. The first-order valence-corrected chi connectivity index (χ1v) is 10.9. The minimum absolute atomic E-state index is 0.0456. The predicted octanol–water partition coefficient (Wildman–Crippen LogP) is 3.60. The molecule has 2 aromatic carbocycles. The van der Waals surface area contributed by atoms with E-state index in [-0.39, 0.29) is 25.0 Å². The Morgan fingerprint density at radius 1 is 1.15 bits per heavy atom. The number of carbonyl (C=O) groups is 1. The Balaban J connectivity index is 2.09. The fourth-order valence-electron chi connectivity index (χ4n) is 2.67. The molecule has 1 amide bonds. The van der Waals surface area contributed by atoms with Crippen LogP contribution in [0.2, 0.25) is 5.02 Å². The van der Waals surface area contributed by atoms with Crippen molar-refractivity contribution in [2.75, 3.05) is 12.8 Å². The van der Waals surface area contributed by atoms with E-state index in [0.717, 1.165) is 21.7 Å². The molecular weight excluding hydrogens is 384 g/mol. The second kappa shape index (κ2) is 8.87. The van der Waals surface area contributed by atoms with Crippen LogP contribution >= 0.6 is 11.6 Å². The lowest BCUT2D eigenvalue weighted by molar-refractivity contribution is -0.122. The van der Waals surface area contributed by atoms with Gasteiger partial charge in [-0.25, -0.2) is 8.42 Å². The molecule has 5 nitrogen and oxygen atoms in total. The molecule has 1 atom stereocenters. The number of hydrogen-bond donors (Lipinski definition) is 1. The molecule has 0 radical (unpaired) electrons. The first-order valence-electron chi connectivity index (χ1n) is 8.63. The number of aryl methyl sites for hydroxylation is 2. The molecule has 1 unspecified atom stereocenters. The van der Waals surface area contributed by atoms with Gasteiger partial charge in [0.05, 0.1) is 18.8 Å². The predicted molar refractivity (Wildman–Crippen MR) is 109 cm³/mol. The van der Waals surface area contributed by atoms with E-state index < -0.39 is 10.0 Å². The molecule has 0 heterocycles. The van der Waals surface area contributed by atoms with Crippen molar-refractivity contribution < 1.29 is 13.2 Å². The quantitative estimate of drug-likeness (QED) is 0.761. The fourth-order valence-corrected chi connectivity index (χ4v) is 3.59. The van der Waals surface area contributed by atoms with Gasteiger partial charge >= 0.3 is 0 Å². The van der Waals surface area contributed by atoms with Crippen molar-refractivity contribution in [3.8, 4) is 0 Å². The van der Waals surface area contributed by atoms with Crippen LogP contribution in [0.25, 0.3) is 0 Å². The Morgan fingerprint density at radius 2 is 1.81 bits per heavy atom. The third-order valence-electron chi connectivity index (χ3n) is 4.50. The summed E-state index contributed by atoms with van der Waals surface area (Å²) >= 11 is 6.12. The summed E-state index contributed by atoms with van der Waals surface area (Å²) in [4.78, 5) is 12.5. The van der Waals surface area contributed by atoms with Gasteiger partial charge in [0.15, 0.2) is 0 Å². The topological polar surface area (TPSA) is 66.5 Å². The molecule has 0 bridgehead atoms. The van der Waals surface area contributed by atoms with Crippen molar-refractivity contribution in [3.63, 3.8) is 0 Å². The molecule has 2 rings (SSSR count). The minimum Gasteiger partial charge on any atom is -0.348 e. The Hall–Kier alpha value is -1.89. The average Bonchev–Trinajstić information content (AvgIpc) is 2.57. The van der Waals surface area contributed by atoms with Crippen LogP contribution in [0.4, 0.5) is 0 Å². The highest BCUT2D eigenvalue weighted by Crippen LogP contribution is 2.19. The highest BCUT2D eigenvalue weighted by molar-refractivity contribution is 7.88. The van der Waals surface area contributed by atoms with Gasteiger partial charge in [0.2, 0.25) is 15.9 Å². The molecule has 2 aromatic rings. The smallest absolute Gasteiger partial charge is 0.235 e. The monoisotopic (exact) mass is 408 g/mol. The largest absolute Gasteiger partial charge is 0.348 e. The number of benzene rings is 2. The summed E-state index contributed by atoms with van der Waals surface area (Å²) < 4.78 is 25.4. The van der Waals surface area contributed by atoms with Crippen LogP contribution in [-0.4, -0.2) is 31.4 Å². The summed E-state index contributed by atoms with van der Waals surface area (Å²) in [7, 11) is -3.57. The number of carbonyl (C=O) groups excluding carboxylic acids is 1. The van der Waals surface area contributed by atoms with Gasteiger partial charge in [-0.2, -0.15) is 4.31 Å². The average molecular weight is 409 g/mol.